The van der Waals surface area contributed by atoms with Crippen molar-refractivity contribution >= 4 is 0 Å². The molecule has 0 aliphatic heterocycles. The fourth-order valence-corrected chi connectivity index (χ4v) is 1.92. The lowest BCUT2D eigenvalue weighted by molar-refractivity contribution is 0.357. The van der Waals surface area contributed by atoms with Crippen molar-refractivity contribution in [2.75, 3.05) is 0 Å². The summed E-state index contributed by atoms with van der Waals surface area (Å²) in [5.74, 6) is 1.51. The van der Waals surface area contributed by atoms with Gasteiger partial charge in [-0.05, 0) is 30.7 Å². The summed E-state index contributed by atoms with van der Waals surface area (Å²) in [5, 5.41) is 4.02. The van der Waals surface area contributed by atoms with E-state index in [9.17, 15) is 0 Å². The fraction of sp³-hybridized carbons (Fsp3) is 0.250. The van der Waals surface area contributed by atoms with Crippen molar-refractivity contribution < 1.29 is 4.52 Å². The van der Waals surface area contributed by atoms with E-state index in [0.717, 1.165) is 23.4 Å². The summed E-state index contributed by atoms with van der Waals surface area (Å²) in [7, 11) is 0. The average molecular weight is 280 g/mol. The molecule has 21 heavy (non-hydrogen) atoms. The van der Waals surface area contributed by atoms with Crippen LogP contribution >= 0.6 is 0 Å². The molecule has 0 saturated carbocycles. The monoisotopic (exact) mass is 280 g/mol. The van der Waals surface area contributed by atoms with Gasteiger partial charge < -0.3 is 4.52 Å². The highest BCUT2D eigenvalue weighted by Gasteiger charge is 2.14. The van der Waals surface area contributed by atoms with Gasteiger partial charge in [-0.1, -0.05) is 25.1 Å². The Kier molecular flexibility index (Phi) is 3.73. The highest BCUT2D eigenvalue weighted by atomic mass is 16.5. The van der Waals surface area contributed by atoms with Gasteiger partial charge in [0.05, 0.1) is 11.4 Å². The van der Waals surface area contributed by atoms with Crippen LogP contribution in [0.2, 0.25) is 0 Å². The zero-order valence-electron chi connectivity index (χ0n) is 12.0. The first-order valence-electron chi connectivity index (χ1n) is 6.99. The Morgan fingerprint density at radius 1 is 1.10 bits per heavy atom. The van der Waals surface area contributed by atoms with Crippen molar-refractivity contribution in [3.05, 3.63) is 48.6 Å². The Bertz CT molecular complexity index is 707. The highest BCUT2D eigenvalue weighted by Crippen LogP contribution is 2.22. The molecule has 0 N–H and O–H groups in total. The normalized spacial score (nSPS) is 12.3. The molecular weight excluding hydrogens is 264 g/mol. The molecule has 106 valence electrons. The van der Waals surface area contributed by atoms with Gasteiger partial charge in [-0.25, -0.2) is 0 Å². The predicted octanol–water partition coefficient (Wildman–Crippen LogP) is 3.71. The lowest BCUT2D eigenvalue weighted by atomic mass is 10.1. The van der Waals surface area contributed by atoms with Gasteiger partial charge in [0.2, 0.25) is 11.7 Å². The van der Waals surface area contributed by atoms with Crippen LogP contribution in [0.3, 0.4) is 0 Å². The number of hydrogen-bond acceptors (Lipinski definition) is 5. The summed E-state index contributed by atoms with van der Waals surface area (Å²) in [4.78, 5) is 13.1. The van der Waals surface area contributed by atoms with Gasteiger partial charge in [0.1, 0.15) is 0 Å². The molecule has 3 aromatic heterocycles. The molecule has 0 fully saturated rings. The zero-order chi connectivity index (χ0) is 14.7. The van der Waals surface area contributed by atoms with E-state index in [2.05, 4.69) is 34.0 Å². The third-order valence-electron chi connectivity index (χ3n) is 3.42. The molecule has 0 aromatic carbocycles. The van der Waals surface area contributed by atoms with Crippen LogP contribution < -0.4 is 0 Å². The molecule has 0 bridgehead atoms. The highest BCUT2D eigenvalue weighted by molar-refractivity contribution is 5.59. The largest absolute Gasteiger partial charge is 0.339 e. The molecular formula is C16H16N4O. The van der Waals surface area contributed by atoms with Crippen molar-refractivity contribution in [2.24, 2.45) is 0 Å². The molecule has 1 unspecified atom stereocenters. The van der Waals surface area contributed by atoms with E-state index in [0.29, 0.717) is 11.7 Å². The summed E-state index contributed by atoms with van der Waals surface area (Å²) in [6.45, 7) is 4.16. The standard InChI is InChI=1S/C16H16N4O/c1-3-11(2)16-19-15(20-21-16)12-7-8-14(18-10-12)13-6-4-5-9-17-13/h4-11H,3H2,1-2H3. The third-order valence-corrected chi connectivity index (χ3v) is 3.42. The zero-order valence-corrected chi connectivity index (χ0v) is 12.0. The summed E-state index contributed by atoms with van der Waals surface area (Å²) in [5.41, 5.74) is 2.51. The molecule has 1 atom stereocenters. The Hall–Kier alpha value is -2.56. The quantitative estimate of drug-likeness (QED) is 0.729. The third kappa shape index (κ3) is 2.81. The van der Waals surface area contributed by atoms with Gasteiger partial charge in [0.25, 0.3) is 0 Å². The lowest BCUT2D eigenvalue weighted by Crippen LogP contribution is -1.91. The molecule has 0 radical (unpaired) electrons. The van der Waals surface area contributed by atoms with Crippen LogP contribution in [0.1, 0.15) is 32.1 Å². The minimum atomic E-state index is 0.270. The van der Waals surface area contributed by atoms with Crippen molar-refractivity contribution in [3.8, 4) is 22.8 Å². The van der Waals surface area contributed by atoms with Crippen LogP contribution in [-0.4, -0.2) is 20.1 Å². The fourth-order valence-electron chi connectivity index (χ4n) is 1.92. The van der Waals surface area contributed by atoms with Crippen molar-refractivity contribution in [2.45, 2.75) is 26.2 Å². The summed E-state index contributed by atoms with van der Waals surface area (Å²) in [6, 6.07) is 9.60. The molecule has 0 aliphatic rings. The molecule has 3 rings (SSSR count). The molecule has 0 amide bonds. The summed E-state index contributed by atoms with van der Waals surface area (Å²) >= 11 is 0. The molecule has 3 heterocycles. The van der Waals surface area contributed by atoms with Gasteiger partial charge >= 0.3 is 0 Å². The van der Waals surface area contributed by atoms with Gasteiger partial charge in [-0.2, -0.15) is 4.98 Å². The van der Waals surface area contributed by atoms with Crippen molar-refractivity contribution in [1.82, 2.24) is 20.1 Å². The van der Waals surface area contributed by atoms with Crippen LogP contribution in [0.4, 0.5) is 0 Å². The molecule has 0 aliphatic carbocycles. The summed E-state index contributed by atoms with van der Waals surface area (Å²) in [6.07, 6.45) is 4.47. The molecule has 0 saturated heterocycles. The first kappa shape index (κ1) is 13.4. The molecule has 0 spiro atoms. The Morgan fingerprint density at radius 2 is 1.95 bits per heavy atom. The van der Waals surface area contributed by atoms with E-state index in [1.54, 1.807) is 12.4 Å². The first-order chi connectivity index (χ1) is 10.3. The minimum Gasteiger partial charge on any atom is -0.339 e. The van der Waals surface area contributed by atoms with E-state index < -0.39 is 0 Å². The second kappa shape index (κ2) is 5.83. The molecule has 5 heteroatoms. The van der Waals surface area contributed by atoms with E-state index in [1.807, 2.05) is 30.3 Å². The summed E-state index contributed by atoms with van der Waals surface area (Å²) < 4.78 is 5.29. The van der Waals surface area contributed by atoms with E-state index in [1.165, 1.54) is 0 Å². The van der Waals surface area contributed by atoms with Crippen LogP contribution in [0, 0.1) is 0 Å². The average Bonchev–Trinajstić information content (AvgIpc) is 3.05. The molecule has 5 nitrogen and oxygen atoms in total. The maximum Gasteiger partial charge on any atom is 0.229 e. The maximum absolute atomic E-state index is 5.29. The van der Waals surface area contributed by atoms with Crippen LogP contribution in [-0.2, 0) is 0 Å². The Labute approximate surface area is 123 Å². The van der Waals surface area contributed by atoms with E-state index >= 15 is 0 Å². The first-order valence-corrected chi connectivity index (χ1v) is 6.99. The van der Waals surface area contributed by atoms with Crippen LogP contribution in [0.15, 0.2) is 47.2 Å². The second-order valence-corrected chi connectivity index (χ2v) is 4.91. The smallest absolute Gasteiger partial charge is 0.229 e. The maximum atomic E-state index is 5.29. The van der Waals surface area contributed by atoms with Gasteiger partial charge in [0, 0.05) is 23.9 Å². The Morgan fingerprint density at radius 3 is 2.62 bits per heavy atom. The van der Waals surface area contributed by atoms with Crippen molar-refractivity contribution in [3.63, 3.8) is 0 Å². The van der Waals surface area contributed by atoms with Crippen molar-refractivity contribution in [1.29, 1.82) is 0 Å². The topological polar surface area (TPSA) is 64.7 Å². The van der Waals surface area contributed by atoms with Gasteiger partial charge in [-0.3, -0.25) is 9.97 Å². The number of hydrogen-bond donors (Lipinski definition) is 0. The van der Waals surface area contributed by atoms with Gasteiger partial charge in [0.15, 0.2) is 0 Å². The Balaban J connectivity index is 1.86. The number of nitrogens with zero attached hydrogens (tertiary/aromatic N) is 4. The number of aromatic nitrogens is 4. The minimum absolute atomic E-state index is 0.270. The van der Waals surface area contributed by atoms with E-state index in [4.69, 9.17) is 4.52 Å². The number of pyridine rings is 2. The van der Waals surface area contributed by atoms with Gasteiger partial charge in [-0.15, -0.1) is 0 Å². The predicted molar refractivity (Wildman–Crippen MR) is 79.5 cm³/mol. The molecule has 3 aromatic rings. The van der Waals surface area contributed by atoms with Crippen LogP contribution in [0.5, 0.6) is 0 Å². The number of rotatable bonds is 4. The second-order valence-electron chi connectivity index (χ2n) is 4.91. The SMILES string of the molecule is CCC(C)c1nc(-c2ccc(-c3ccccn3)nc2)no1. The van der Waals surface area contributed by atoms with E-state index in [-0.39, 0.29) is 5.92 Å². The van der Waals surface area contributed by atoms with Crippen LogP contribution in [0.25, 0.3) is 22.8 Å². The lowest BCUT2D eigenvalue weighted by Gasteiger charge is -2.00.